The van der Waals surface area contributed by atoms with Crippen molar-refractivity contribution in [2.75, 3.05) is 26.9 Å². The molecule has 0 unspecified atom stereocenters. The first-order chi connectivity index (χ1) is 7.97. The van der Waals surface area contributed by atoms with E-state index in [1.165, 1.54) is 7.11 Å². The highest BCUT2D eigenvalue weighted by Gasteiger charge is 2.19. The summed E-state index contributed by atoms with van der Waals surface area (Å²) in [5.41, 5.74) is 0.693. The van der Waals surface area contributed by atoms with E-state index in [1.54, 1.807) is 6.92 Å². The third kappa shape index (κ3) is 8.41. The molecule has 17 heavy (non-hydrogen) atoms. The van der Waals surface area contributed by atoms with Gasteiger partial charge in [-0.1, -0.05) is 5.57 Å². The minimum absolute atomic E-state index is 0.177. The van der Waals surface area contributed by atoms with Gasteiger partial charge in [-0.15, -0.1) is 6.58 Å². The van der Waals surface area contributed by atoms with Gasteiger partial charge < -0.3 is 19.9 Å². The molecule has 0 radical (unpaired) electrons. The number of rotatable bonds is 9. The van der Waals surface area contributed by atoms with E-state index in [2.05, 4.69) is 11.9 Å². The number of nitrogens with one attached hydrogen (secondary N) is 1. The number of amides is 1. The van der Waals surface area contributed by atoms with E-state index in [9.17, 15) is 9.59 Å². The Hall–Kier alpha value is -1.40. The molecule has 0 aliphatic carbocycles. The maximum atomic E-state index is 11.3. The predicted octanol–water partition coefficient (Wildman–Crippen LogP) is 0.185. The molecule has 0 aliphatic rings. The highest BCUT2D eigenvalue weighted by atomic mass is 16.5. The number of hydrogen-bond acceptors (Lipinski definition) is 4. The summed E-state index contributed by atoms with van der Waals surface area (Å²) in [7, 11) is 1.52. The molecular formula is C11H19NO5. The van der Waals surface area contributed by atoms with Gasteiger partial charge in [-0.2, -0.15) is 0 Å². The van der Waals surface area contributed by atoms with E-state index < -0.39 is 17.9 Å². The first-order valence-electron chi connectivity index (χ1n) is 5.20. The predicted molar refractivity (Wildman–Crippen MR) is 61.7 cm³/mol. The van der Waals surface area contributed by atoms with E-state index in [0.29, 0.717) is 18.8 Å². The lowest BCUT2D eigenvalue weighted by Gasteiger charge is -2.14. The molecule has 1 atom stereocenters. The van der Waals surface area contributed by atoms with E-state index in [1.807, 2.05) is 0 Å². The lowest BCUT2D eigenvalue weighted by molar-refractivity contribution is -0.142. The number of carboxylic acid groups (broad SMARTS) is 1. The second kappa shape index (κ2) is 8.72. The van der Waals surface area contributed by atoms with Crippen LogP contribution in [0.4, 0.5) is 0 Å². The maximum Gasteiger partial charge on any atom is 0.326 e. The average molecular weight is 245 g/mol. The van der Waals surface area contributed by atoms with Crippen LogP contribution in [-0.2, 0) is 19.1 Å². The zero-order chi connectivity index (χ0) is 13.3. The van der Waals surface area contributed by atoms with Gasteiger partial charge in [0.15, 0.2) is 0 Å². The first-order valence-corrected chi connectivity index (χ1v) is 5.20. The van der Waals surface area contributed by atoms with Gasteiger partial charge in [-0.25, -0.2) is 4.79 Å². The van der Waals surface area contributed by atoms with Gasteiger partial charge in [0.05, 0.1) is 13.2 Å². The summed E-state index contributed by atoms with van der Waals surface area (Å²) >= 11 is 0. The Balaban J connectivity index is 3.96. The molecule has 2 N–H and O–H groups in total. The zero-order valence-electron chi connectivity index (χ0n) is 10.2. The molecule has 0 spiro atoms. The van der Waals surface area contributed by atoms with Crippen LogP contribution >= 0.6 is 0 Å². The summed E-state index contributed by atoms with van der Waals surface area (Å²) in [4.78, 5) is 22.2. The molecule has 0 rings (SSSR count). The largest absolute Gasteiger partial charge is 0.480 e. The van der Waals surface area contributed by atoms with Crippen molar-refractivity contribution in [2.45, 2.75) is 19.4 Å². The number of hydrogen-bond donors (Lipinski definition) is 2. The quantitative estimate of drug-likeness (QED) is 0.447. The molecule has 0 fully saturated rings. The van der Waals surface area contributed by atoms with Crippen molar-refractivity contribution in [2.24, 2.45) is 0 Å². The molecule has 0 aromatic heterocycles. The normalized spacial score (nSPS) is 11.9. The summed E-state index contributed by atoms with van der Waals surface area (Å²) in [6, 6.07) is -0.953. The number of carbonyl (C=O) groups excluding carboxylic acids is 1. The molecule has 0 saturated carbocycles. The molecule has 98 valence electrons. The minimum Gasteiger partial charge on any atom is -0.480 e. The van der Waals surface area contributed by atoms with Crippen LogP contribution in [0.5, 0.6) is 0 Å². The summed E-state index contributed by atoms with van der Waals surface area (Å²) in [6.45, 7) is 5.82. The van der Waals surface area contributed by atoms with Gasteiger partial charge in [0.25, 0.3) is 0 Å². The van der Waals surface area contributed by atoms with Crippen molar-refractivity contribution in [1.29, 1.82) is 0 Å². The standard InChI is InChI=1S/C11H19NO5/c1-8(2)6-9(11(14)15)12-10(13)7-17-5-4-16-3/h9H,1,4-7H2,2-3H3,(H,12,13)(H,14,15)/t9-/m0/s1. The van der Waals surface area contributed by atoms with Crippen LogP contribution in [0.2, 0.25) is 0 Å². The Bertz CT molecular complexity index is 277. The Labute approximate surface area is 101 Å². The molecular weight excluding hydrogens is 226 g/mol. The van der Waals surface area contributed by atoms with Gasteiger partial charge >= 0.3 is 5.97 Å². The average Bonchev–Trinajstić information content (AvgIpc) is 2.22. The highest BCUT2D eigenvalue weighted by molar-refractivity contribution is 5.84. The second-order valence-electron chi connectivity index (χ2n) is 3.66. The third-order valence-electron chi connectivity index (χ3n) is 1.85. The van der Waals surface area contributed by atoms with Crippen molar-refractivity contribution in [3.63, 3.8) is 0 Å². The lowest BCUT2D eigenvalue weighted by atomic mass is 10.1. The van der Waals surface area contributed by atoms with E-state index >= 15 is 0 Å². The fourth-order valence-electron chi connectivity index (χ4n) is 1.09. The van der Waals surface area contributed by atoms with Crippen LogP contribution in [0.1, 0.15) is 13.3 Å². The van der Waals surface area contributed by atoms with Crippen LogP contribution in [0.25, 0.3) is 0 Å². The molecule has 6 nitrogen and oxygen atoms in total. The van der Waals surface area contributed by atoms with Crippen molar-refractivity contribution < 1.29 is 24.2 Å². The van der Waals surface area contributed by atoms with E-state index in [-0.39, 0.29) is 13.0 Å². The topological polar surface area (TPSA) is 84.9 Å². The smallest absolute Gasteiger partial charge is 0.326 e. The van der Waals surface area contributed by atoms with Crippen LogP contribution in [0.3, 0.4) is 0 Å². The van der Waals surface area contributed by atoms with Crippen molar-refractivity contribution in [1.82, 2.24) is 5.32 Å². The molecule has 0 heterocycles. The fourth-order valence-corrected chi connectivity index (χ4v) is 1.09. The number of methoxy groups -OCH3 is 1. The Morgan fingerprint density at radius 1 is 1.41 bits per heavy atom. The van der Waals surface area contributed by atoms with Gasteiger partial charge in [0, 0.05) is 7.11 Å². The second-order valence-corrected chi connectivity index (χ2v) is 3.66. The maximum absolute atomic E-state index is 11.3. The number of ether oxygens (including phenoxy) is 2. The third-order valence-corrected chi connectivity index (χ3v) is 1.85. The summed E-state index contributed by atoms with van der Waals surface area (Å²) < 4.78 is 9.70. The highest BCUT2D eigenvalue weighted by Crippen LogP contribution is 2.02. The van der Waals surface area contributed by atoms with Crippen molar-refractivity contribution in [3.05, 3.63) is 12.2 Å². The summed E-state index contributed by atoms with van der Waals surface area (Å²) in [5, 5.41) is 11.2. The van der Waals surface area contributed by atoms with Gasteiger partial charge in [0.1, 0.15) is 12.6 Å². The molecule has 0 aliphatic heterocycles. The van der Waals surface area contributed by atoms with Gasteiger partial charge in [-0.3, -0.25) is 4.79 Å². The molecule has 0 aromatic rings. The summed E-state index contributed by atoms with van der Waals surface area (Å²) in [6.07, 6.45) is 0.207. The van der Waals surface area contributed by atoms with Crippen LogP contribution in [0.15, 0.2) is 12.2 Å². The monoisotopic (exact) mass is 245 g/mol. The number of aliphatic carboxylic acids is 1. The van der Waals surface area contributed by atoms with E-state index in [0.717, 1.165) is 0 Å². The van der Waals surface area contributed by atoms with Crippen molar-refractivity contribution in [3.8, 4) is 0 Å². The molecule has 6 heteroatoms. The van der Waals surface area contributed by atoms with Crippen LogP contribution < -0.4 is 5.32 Å². The number of carboxylic acids is 1. The molecule has 0 saturated heterocycles. The molecule has 0 bridgehead atoms. The van der Waals surface area contributed by atoms with E-state index in [4.69, 9.17) is 14.6 Å². The lowest BCUT2D eigenvalue weighted by Crippen LogP contribution is -2.42. The molecule has 1 amide bonds. The van der Waals surface area contributed by atoms with Crippen LogP contribution in [-0.4, -0.2) is 50.0 Å². The zero-order valence-corrected chi connectivity index (χ0v) is 10.2. The van der Waals surface area contributed by atoms with Gasteiger partial charge in [-0.05, 0) is 13.3 Å². The Morgan fingerprint density at radius 2 is 2.06 bits per heavy atom. The van der Waals surface area contributed by atoms with Crippen molar-refractivity contribution >= 4 is 11.9 Å². The fraction of sp³-hybridized carbons (Fsp3) is 0.636. The van der Waals surface area contributed by atoms with Crippen LogP contribution in [0, 0.1) is 0 Å². The Kier molecular flexibility index (Phi) is 8.00. The summed E-state index contributed by atoms with van der Waals surface area (Å²) in [5.74, 6) is -1.55. The molecule has 0 aromatic carbocycles. The minimum atomic E-state index is -1.08. The van der Waals surface area contributed by atoms with Gasteiger partial charge in [0.2, 0.25) is 5.91 Å². The SMILES string of the molecule is C=C(C)C[C@H](NC(=O)COCCOC)C(=O)O. The Morgan fingerprint density at radius 3 is 2.53 bits per heavy atom. The first kappa shape index (κ1) is 15.6. The number of carbonyl (C=O) groups is 2.